The average Bonchev–Trinajstić information content (AvgIpc) is 3.25. The smallest absolute Gasteiger partial charge is 0.340 e. The van der Waals surface area contributed by atoms with Crippen LogP contribution < -0.4 is 21.3 Å². The normalized spacial score (nSPS) is 17.2. The summed E-state index contributed by atoms with van der Waals surface area (Å²) >= 11 is 0. The van der Waals surface area contributed by atoms with E-state index in [1.165, 1.54) is 87.6 Å². The van der Waals surface area contributed by atoms with Crippen LogP contribution in [-0.2, 0) is 43.2 Å². The fraction of sp³-hybridized carbons (Fsp3) is 0.784. The third kappa shape index (κ3) is 15.9. The Bertz CT molecular complexity index is 1940. The number of carbonyl (C=O) groups is 9. The van der Waals surface area contributed by atoms with Crippen LogP contribution >= 0.6 is 0 Å². The number of nitrogens with zero attached hydrogens (tertiary/aromatic N) is 5. The summed E-state index contributed by atoms with van der Waals surface area (Å²) in [5, 5.41) is 42.0. The number of carboxylic acid groups (broad SMARTS) is 1. The summed E-state index contributed by atoms with van der Waals surface area (Å²) in [7, 11) is 8.62. The van der Waals surface area contributed by atoms with Crippen LogP contribution in [0.15, 0.2) is 11.8 Å². The van der Waals surface area contributed by atoms with Gasteiger partial charge in [-0.25, -0.2) is 4.79 Å². The molecule has 1 aliphatic rings. The molecule has 1 rings (SSSR count). The highest BCUT2D eigenvalue weighted by atomic mass is 16.4. The summed E-state index contributed by atoms with van der Waals surface area (Å²) < 4.78 is 0. The number of hydrogen-bond donors (Lipinski definition) is 7. The van der Waals surface area contributed by atoms with Crippen LogP contribution in [-0.4, -0.2) is 202 Å². The van der Waals surface area contributed by atoms with Crippen molar-refractivity contribution < 1.29 is 58.5 Å². The Balaban J connectivity index is 3.47. The molecule has 0 aromatic heterocycles. The number of carboxylic acids is 1. The molecule has 7 amide bonds. The molecule has 0 saturated carbocycles. The fourth-order valence-electron chi connectivity index (χ4n) is 9.11. The first-order valence-corrected chi connectivity index (χ1v) is 25.3. The van der Waals surface area contributed by atoms with E-state index in [9.17, 15) is 58.5 Å². The number of aliphatic hydroxyl groups excluding tert-OH is 2. The molecule has 72 heavy (non-hydrogen) atoms. The van der Waals surface area contributed by atoms with E-state index in [4.69, 9.17) is 0 Å². The second-order valence-corrected chi connectivity index (χ2v) is 21.5. The number of amides is 7. The zero-order valence-corrected chi connectivity index (χ0v) is 46.7. The molecule has 0 aromatic carbocycles. The van der Waals surface area contributed by atoms with Gasteiger partial charge in [0, 0.05) is 40.9 Å². The van der Waals surface area contributed by atoms with Crippen molar-refractivity contribution in [2.75, 3.05) is 48.9 Å². The highest BCUT2D eigenvalue weighted by molar-refractivity contribution is 6.12. The van der Waals surface area contributed by atoms with Gasteiger partial charge in [0.2, 0.25) is 46.9 Å². The van der Waals surface area contributed by atoms with E-state index in [0.717, 1.165) is 0 Å². The highest BCUT2D eigenvalue weighted by Gasteiger charge is 2.58. The molecule has 0 fully saturated rings. The molecule has 9 unspecified atom stereocenters. The van der Waals surface area contributed by atoms with Gasteiger partial charge in [0.25, 0.3) is 0 Å². The van der Waals surface area contributed by atoms with Crippen LogP contribution in [0, 0.1) is 29.6 Å². The summed E-state index contributed by atoms with van der Waals surface area (Å²) in [5.41, 5.74) is -1.86. The van der Waals surface area contributed by atoms with E-state index < -0.39 is 132 Å². The molecule has 0 aliphatic heterocycles. The third-order valence-corrected chi connectivity index (χ3v) is 13.7. The topological polar surface area (TPSA) is 279 Å². The third-order valence-electron chi connectivity index (χ3n) is 13.7. The molecule has 0 aromatic rings. The number of allylic oxidation sites excluding steroid dienone is 2. The Morgan fingerprint density at radius 2 is 1.01 bits per heavy atom. The lowest BCUT2D eigenvalue weighted by molar-refractivity contribution is -0.168. The van der Waals surface area contributed by atoms with Gasteiger partial charge >= 0.3 is 5.97 Å². The van der Waals surface area contributed by atoms with Crippen LogP contribution in [0.25, 0.3) is 0 Å². The molecule has 0 bridgehead atoms. The minimum Gasteiger partial charge on any atom is -0.479 e. The maximum atomic E-state index is 14.8. The molecule has 21 nitrogen and oxygen atoms in total. The lowest BCUT2D eigenvalue weighted by Crippen LogP contribution is -2.70. The first-order valence-electron chi connectivity index (χ1n) is 25.3. The molecule has 21 heteroatoms. The Morgan fingerprint density at radius 1 is 0.583 bits per heavy atom. The number of carbonyl (C=O) groups excluding carboxylic acids is 8. The monoisotopic (exact) mass is 1020 g/mol. The van der Waals surface area contributed by atoms with Gasteiger partial charge in [-0.1, -0.05) is 75.3 Å². The van der Waals surface area contributed by atoms with Crippen molar-refractivity contribution in [2.24, 2.45) is 29.6 Å². The minimum absolute atomic E-state index is 0.0773. The summed E-state index contributed by atoms with van der Waals surface area (Å²) in [4.78, 5) is 132. The van der Waals surface area contributed by atoms with Gasteiger partial charge in [-0.3, -0.25) is 38.4 Å². The van der Waals surface area contributed by atoms with Crippen LogP contribution in [0.2, 0.25) is 0 Å². The number of rotatable bonds is 30. The Labute approximate surface area is 428 Å². The standard InChI is InChI=1S/C51H91N9O12/c1-27(2)23-37(56(15)49(70)40(30(7)8)55-44(65)36(26-61)52-14)45(66)53-32(11)43(64)54-33(12)46(67)57(16)38(24-28(3)4)47(68)58(17)39(25-29(5)6)48(69)59(18)41(31(9)10)42(63)51(34(13)62,50(71)72)60(19)35-21-20-22-35/h21,27-34,36-41,52,61-62H,20,22-26H2,1-19H3,(H,53,66)(H,54,64)(H,55,65)(H,71,72)/t32?,33?,34?,36?,37?,38?,39?,40?,41?,51-/m1/s1. The Kier molecular flexibility index (Phi) is 25.5. The van der Waals surface area contributed by atoms with Gasteiger partial charge in [0.1, 0.15) is 42.3 Å². The number of aliphatic carboxylic acids is 1. The SMILES string of the molecule is CNC(CO)C(=O)NC(C(=O)N(C)C(CC(C)C)C(=O)NC(C)C(=O)NC(C)C(=O)N(C)C(CC(C)C)C(=O)N(C)C(CC(C)C)C(=O)N(C)C(C(=O)[C@@](C(=O)O)(C(C)O)N(C)C1=CCC1)C(C)C)C(C)C. The van der Waals surface area contributed by atoms with Crippen molar-refractivity contribution in [1.82, 2.24) is 45.8 Å². The van der Waals surface area contributed by atoms with Gasteiger partial charge in [-0.2, -0.15) is 0 Å². The largest absolute Gasteiger partial charge is 0.479 e. The predicted octanol–water partition coefficient (Wildman–Crippen LogP) is 1.20. The van der Waals surface area contributed by atoms with Gasteiger partial charge < -0.3 is 61.1 Å². The van der Waals surface area contributed by atoms with E-state index in [2.05, 4.69) is 21.3 Å². The average molecular weight is 1020 g/mol. The summed E-state index contributed by atoms with van der Waals surface area (Å²) in [6, 6.07) is -9.12. The molecule has 0 spiro atoms. The maximum Gasteiger partial charge on any atom is 0.340 e. The number of likely N-dealkylation sites (N-methyl/N-ethyl adjacent to an activating group) is 6. The molecule has 10 atom stereocenters. The zero-order chi connectivity index (χ0) is 56.0. The summed E-state index contributed by atoms with van der Waals surface area (Å²) in [5.74, 6) is -8.26. The molecular formula is C51H91N9O12. The predicted molar refractivity (Wildman–Crippen MR) is 273 cm³/mol. The van der Waals surface area contributed by atoms with E-state index in [1.54, 1.807) is 33.8 Å². The van der Waals surface area contributed by atoms with E-state index in [-0.39, 0.29) is 37.0 Å². The second kappa shape index (κ2) is 28.3. The van der Waals surface area contributed by atoms with Gasteiger partial charge in [-0.15, -0.1) is 0 Å². The molecular weight excluding hydrogens is 931 g/mol. The molecule has 0 heterocycles. The lowest BCUT2D eigenvalue weighted by Gasteiger charge is -2.47. The number of aliphatic hydroxyl groups is 2. The van der Waals surface area contributed by atoms with E-state index in [0.29, 0.717) is 18.5 Å². The number of ketones is 1. The fourth-order valence-corrected chi connectivity index (χ4v) is 9.11. The zero-order valence-electron chi connectivity index (χ0n) is 46.7. The Hall–Kier alpha value is -5.15. The van der Waals surface area contributed by atoms with E-state index >= 15 is 0 Å². The van der Waals surface area contributed by atoms with Crippen molar-refractivity contribution >= 4 is 53.1 Å². The number of Topliss-reactive ketones (excluding diaryl/α,β-unsaturated/α-hetero) is 1. The van der Waals surface area contributed by atoms with Gasteiger partial charge in [0.05, 0.1) is 18.8 Å². The van der Waals surface area contributed by atoms with Crippen molar-refractivity contribution in [3.8, 4) is 0 Å². The molecule has 412 valence electrons. The minimum atomic E-state index is -2.43. The highest BCUT2D eigenvalue weighted by Crippen LogP contribution is 2.35. The number of hydrogen-bond acceptors (Lipinski definition) is 13. The molecule has 0 radical (unpaired) electrons. The summed E-state index contributed by atoms with van der Waals surface area (Å²) in [6.07, 6.45) is 1.78. The molecule has 1 aliphatic carbocycles. The quantitative estimate of drug-likeness (QED) is 0.0499. The van der Waals surface area contributed by atoms with Crippen LogP contribution in [0.5, 0.6) is 0 Å². The van der Waals surface area contributed by atoms with Crippen LogP contribution in [0.3, 0.4) is 0 Å². The molecule has 7 N–H and O–H groups in total. The number of nitrogens with one attached hydrogen (secondary N) is 4. The lowest BCUT2D eigenvalue weighted by atomic mass is 9.78. The van der Waals surface area contributed by atoms with Gasteiger partial charge in [0.15, 0.2) is 5.78 Å². The van der Waals surface area contributed by atoms with Crippen molar-refractivity contribution in [1.29, 1.82) is 0 Å². The van der Waals surface area contributed by atoms with Crippen molar-refractivity contribution in [3.63, 3.8) is 0 Å². The van der Waals surface area contributed by atoms with Crippen molar-refractivity contribution in [3.05, 3.63) is 11.8 Å². The second-order valence-electron chi connectivity index (χ2n) is 21.5. The van der Waals surface area contributed by atoms with Crippen LogP contribution in [0.1, 0.15) is 122 Å². The van der Waals surface area contributed by atoms with E-state index in [1.807, 2.05) is 41.5 Å². The van der Waals surface area contributed by atoms with Crippen molar-refractivity contribution in [2.45, 2.75) is 182 Å². The summed E-state index contributed by atoms with van der Waals surface area (Å²) in [6.45, 7) is 21.5. The van der Waals surface area contributed by atoms with Crippen LogP contribution in [0.4, 0.5) is 0 Å². The first kappa shape index (κ1) is 64.9. The van der Waals surface area contributed by atoms with Gasteiger partial charge in [-0.05, 0) is 89.5 Å². The first-order chi connectivity index (χ1) is 33.2. The molecule has 0 saturated heterocycles. The maximum absolute atomic E-state index is 14.8. The Morgan fingerprint density at radius 3 is 1.39 bits per heavy atom.